The molecule has 0 amide bonds. The van der Waals surface area contributed by atoms with Gasteiger partial charge in [0.2, 0.25) is 0 Å². The number of aromatic nitrogens is 1. The van der Waals surface area contributed by atoms with E-state index in [9.17, 15) is 0 Å². The molecule has 4 aromatic rings. The van der Waals surface area contributed by atoms with E-state index >= 15 is 0 Å². The van der Waals surface area contributed by atoms with Crippen molar-refractivity contribution in [1.29, 1.82) is 0 Å². The lowest BCUT2D eigenvalue weighted by molar-refractivity contribution is 0.667. The van der Waals surface area contributed by atoms with Gasteiger partial charge in [0.15, 0.2) is 5.58 Å². The number of rotatable bonds is 0. The van der Waals surface area contributed by atoms with Gasteiger partial charge in [-0.05, 0) is 29.7 Å². The number of fused-ring (bicyclic) bond motifs is 4. The highest BCUT2D eigenvalue weighted by Crippen LogP contribution is 2.33. The van der Waals surface area contributed by atoms with Crippen LogP contribution in [0.15, 0.2) is 53.2 Å². The maximum atomic E-state index is 6.20. The largest absolute Gasteiger partial charge is 0.454 e. The molecule has 0 N–H and O–H groups in total. The van der Waals surface area contributed by atoms with Gasteiger partial charge < -0.3 is 4.42 Å². The summed E-state index contributed by atoms with van der Waals surface area (Å²) in [6.07, 6.45) is 3.51. The van der Waals surface area contributed by atoms with Gasteiger partial charge in [-0.25, -0.2) is 0 Å². The van der Waals surface area contributed by atoms with Gasteiger partial charge in [0, 0.05) is 27.4 Å². The van der Waals surface area contributed by atoms with E-state index in [1.165, 1.54) is 0 Å². The molecular formula is C15H8ClNO. The van der Waals surface area contributed by atoms with Gasteiger partial charge in [0.25, 0.3) is 0 Å². The molecule has 0 aliphatic rings. The minimum Gasteiger partial charge on any atom is -0.454 e. The van der Waals surface area contributed by atoms with Crippen molar-refractivity contribution in [3.8, 4) is 0 Å². The van der Waals surface area contributed by atoms with Crippen LogP contribution in [0.3, 0.4) is 0 Å². The zero-order chi connectivity index (χ0) is 12.1. The molecule has 3 heteroatoms. The summed E-state index contributed by atoms with van der Waals surface area (Å²) >= 11 is 6.20. The molecule has 2 heterocycles. The third-order valence-corrected chi connectivity index (χ3v) is 3.55. The van der Waals surface area contributed by atoms with Crippen LogP contribution in [-0.4, -0.2) is 4.98 Å². The Labute approximate surface area is 108 Å². The predicted octanol–water partition coefficient (Wildman–Crippen LogP) is 4.79. The van der Waals surface area contributed by atoms with Gasteiger partial charge in [-0.2, -0.15) is 0 Å². The van der Waals surface area contributed by atoms with Gasteiger partial charge in [0.1, 0.15) is 5.58 Å². The summed E-state index contributed by atoms with van der Waals surface area (Å²) in [4.78, 5) is 4.08. The fourth-order valence-corrected chi connectivity index (χ4v) is 2.60. The predicted molar refractivity (Wildman–Crippen MR) is 74.0 cm³/mol. The maximum absolute atomic E-state index is 6.20. The van der Waals surface area contributed by atoms with Gasteiger partial charge in [0.05, 0.1) is 6.20 Å². The summed E-state index contributed by atoms with van der Waals surface area (Å²) in [5.74, 6) is 0. The molecule has 0 unspecified atom stereocenters. The SMILES string of the molecule is Clc1cccc2cc3c(cc12)oc1cnccc13. The molecule has 0 saturated heterocycles. The lowest BCUT2D eigenvalue weighted by Crippen LogP contribution is -1.74. The Balaban J connectivity index is 2.27. The lowest BCUT2D eigenvalue weighted by atomic mass is 10.1. The van der Waals surface area contributed by atoms with Crippen LogP contribution >= 0.6 is 11.6 Å². The lowest BCUT2D eigenvalue weighted by Gasteiger charge is -1.99. The minimum absolute atomic E-state index is 0.744. The van der Waals surface area contributed by atoms with E-state index in [1.807, 2.05) is 24.3 Å². The number of hydrogen-bond donors (Lipinski definition) is 0. The van der Waals surface area contributed by atoms with Crippen molar-refractivity contribution in [3.05, 3.63) is 53.8 Å². The molecule has 0 radical (unpaired) electrons. The molecule has 86 valence electrons. The van der Waals surface area contributed by atoms with Crippen LogP contribution in [0, 0.1) is 0 Å². The topological polar surface area (TPSA) is 26.0 Å². The highest BCUT2D eigenvalue weighted by atomic mass is 35.5. The molecule has 0 aliphatic heterocycles. The summed E-state index contributed by atoms with van der Waals surface area (Å²) in [6.45, 7) is 0. The molecule has 2 nitrogen and oxygen atoms in total. The summed E-state index contributed by atoms with van der Waals surface area (Å²) in [5.41, 5.74) is 1.65. The molecule has 0 bridgehead atoms. The Bertz CT molecular complexity index is 895. The fraction of sp³-hybridized carbons (Fsp3) is 0. The van der Waals surface area contributed by atoms with Crippen molar-refractivity contribution >= 4 is 44.3 Å². The van der Waals surface area contributed by atoms with Crippen LogP contribution < -0.4 is 0 Å². The number of pyridine rings is 1. The standard InChI is InChI=1S/C15H8ClNO/c16-13-3-1-2-9-6-12-10-4-5-17-8-15(10)18-14(12)7-11(9)13/h1-8H. The Kier molecular flexibility index (Phi) is 1.91. The maximum Gasteiger partial charge on any atom is 0.153 e. The van der Waals surface area contributed by atoms with Crippen LogP contribution in [0.4, 0.5) is 0 Å². The number of halogens is 1. The van der Waals surface area contributed by atoms with Crippen LogP contribution in [0.25, 0.3) is 32.7 Å². The Hall–Kier alpha value is -2.06. The second kappa shape index (κ2) is 3.47. The minimum atomic E-state index is 0.744. The number of nitrogens with zero attached hydrogens (tertiary/aromatic N) is 1. The second-order valence-corrected chi connectivity index (χ2v) is 4.69. The van der Waals surface area contributed by atoms with Gasteiger partial charge in [-0.15, -0.1) is 0 Å². The molecule has 0 spiro atoms. The molecule has 0 saturated carbocycles. The molecule has 2 aromatic carbocycles. The first kappa shape index (κ1) is 9.92. The molecule has 0 fully saturated rings. The summed E-state index contributed by atoms with van der Waals surface area (Å²) in [6, 6.07) is 12.0. The van der Waals surface area contributed by atoms with E-state index in [0.717, 1.165) is 37.7 Å². The number of hydrogen-bond acceptors (Lipinski definition) is 2. The zero-order valence-electron chi connectivity index (χ0n) is 9.35. The highest BCUT2D eigenvalue weighted by Gasteiger charge is 2.09. The summed E-state index contributed by atoms with van der Waals surface area (Å²) in [7, 11) is 0. The van der Waals surface area contributed by atoms with Gasteiger partial charge in [-0.3, -0.25) is 4.98 Å². The average Bonchev–Trinajstić information content (AvgIpc) is 2.75. The van der Waals surface area contributed by atoms with Crippen molar-refractivity contribution in [1.82, 2.24) is 4.98 Å². The first-order valence-corrected chi connectivity index (χ1v) is 6.05. The molecular weight excluding hydrogens is 246 g/mol. The first-order valence-electron chi connectivity index (χ1n) is 5.67. The molecule has 18 heavy (non-hydrogen) atoms. The van der Waals surface area contributed by atoms with Crippen LogP contribution in [0.5, 0.6) is 0 Å². The van der Waals surface area contributed by atoms with Crippen LogP contribution in [0.1, 0.15) is 0 Å². The number of benzene rings is 2. The quantitative estimate of drug-likeness (QED) is 0.450. The number of furan rings is 1. The van der Waals surface area contributed by atoms with Gasteiger partial charge >= 0.3 is 0 Å². The third kappa shape index (κ3) is 1.27. The first-order chi connectivity index (χ1) is 8.83. The molecule has 0 aliphatic carbocycles. The monoisotopic (exact) mass is 253 g/mol. The van der Waals surface area contributed by atoms with E-state index in [1.54, 1.807) is 12.4 Å². The zero-order valence-corrected chi connectivity index (χ0v) is 10.1. The van der Waals surface area contributed by atoms with E-state index in [0.29, 0.717) is 0 Å². The fourth-order valence-electron chi connectivity index (χ4n) is 2.36. The normalized spacial score (nSPS) is 11.6. The van der Waals surface area contributed by atoms with Crippen molar-refractivity contribution in [2.45, 2.75) is 0 Å². The summed E-state index contributed by atoms with van der Waals surface area (Å²) in [5, 5.41) is 5.06. The van der Waals surface area contributed by atoms with E-state index in [2.05, 4.69) is 17.1 Å². The average molecular weight is 254 g/mol. The van der Waals surface area contributed by atoms with Crippen LogP contribution in [0.2, 0.25) is 5.02 Å². The van der Waals surface area contributed by atoms with Gasteiger partial charge in [-0.1, -0.05) is 23.7 Å². The Morgan fingerprint density at radius 1 is 0.944 bits per heavy atom. The smallest absolute Gasteiger partial charge is 0.153 e. The highest BCUT2D eigenvalue weighted by molar-refractivity contribution is 6.36. The molecule has 0 atom stereocenters. The van der Waals surface area contributed by atoms with Crippen molar-refractivity contribution < 1.29 is 4.42 Å². The second-order valence-electron chi connectivity index (χ2n) is 4.28. The van der Waals surface area contributed by atoms with E-state index < -0.39 is 0 Å². The Morgan fingerprint density at radius 2 is 1.89 bits per heavy atom. The Morgan fingerprint density at radius 3 is 2.83 bits per heavy atom. The van der Waals surface area contributed by atoms with Crippen molar-refractivity contribution in [2.75, 3.05) is 0 Å². The third-order valence-electron chi connectivity index (χ3n) is 3.22. The summed E-state index contributed by atoms with van der Waals surface area (Å²) < 4.78 is 5.79. The van der Waals surface area contributed by atoms with Crippen molar-refractivity contribution in [2.24, 2.45) is 0 Å². The van der Waals surface area contributed by atoms with Crippen molar-refractivity contribution in [3.63, 3.8) is 0 Å². The van der Waals surface area contributed by atoms with E-state index in [-0.39, 0.29) is 0 Å². The molecule has 2 aromatic heterocycles. The van der Waals surface area contributed by atoms with E-state index in [4.69, 9.17) is 16.0 Å². The molecule has 4 rings (SSSR count). The van der Waals surface area contributed by atoms with Crippen LogP contribution in [-0.2, 0) is 0 Å².